The SMILES string of the molecule is CCOc1ccccc1Oc1c(C(F)(F)F)oc2cc(OC(=O)/C=C/c3ccc(OC)cc3)ccc2c1=O. The maximum absolute atomic E-state index is 13.9. The molecular formula is C28H21F3O7. The number of fused-ring (bicyclic) bond motifs is 1. The monoisotopic (exact) mass is 526 g/mol. The Balaban J connectivity index is 1.65. The Kier molecular flexibility index (Phi) is 7.71. The van der Waals surface area contributed by atoms with Crippen LogP contribution in [0.4, 0.5) is 13.2 Å². The van der Waals surface area contributed by atoms with E-state index in [1.54, 1.807) is 37.3 Å². The number of methoxy groups -OCH3 is 1. The average Bonchev–Trinajstić information content (AvgIpc) is 2.89. The number of ether oxygens (including phenoxy) is 4. The van der Waals surface area contributed by atoms with Gasteiger partial charge in [-0.3, -0.25) is 4.79 Å². The third kappa shape index (κ3) is 5.97. The number of carbonyl (C=O) groups excluding carboxylic acids is 1. The molecule has 3 aromatic carbocycles. The second kappa shape index (κ2) is 11.1. The third-order valence-corrected chi connectivity index (χ3v) is 5.19. The largest absolute Gasteiger partial charge is 0.497 e. The lowest BCUT2D eigenvalue weighted by Gasteiger charge is -2.15. The number of esters is 1. The predicted molar refractivity (Wildman–Crippen MR) is 133 cm³/mol. The molecule has 10 heteroatoms. The van der Waals surface area contributed by atoms with E-state index in [2.05, 4.69) is 0 Å². The van der Waals surface area contributed by atoms with E-state index in [-0.39, 0.29) is 29.2 Å². The standard InChI is InChI=1S/C28H21F3O7/c1-3-35-21-6-4-5-7-22(21)37-26-25(33)20-14-13-19(16-23(20)38-27(26)28(29,30)31)36-24(32)15-10-17-8-11-18(34-2)12-9-17/h4-16H,3H2,1-2H3/b15-10+. The van der Waals surface area contributed by atoms with Crippen LogP contribution in [0.15, 0.2) is 82.0 Å². The Morgan fingerprint density at radius 3 is 2.32 bits per heavy atom. The molecule has 0 N–H and O–H groups in total. The lowest BCUT2D eigenvalue weighted by Crippen LogP contribution is -2.16. The van der Waals surface area contributed by atoms with Crippen molar-refractivity contribution in [2.45, 2.75) is 13.1 Å². The van der Waals surface area contributed by atoms with Gasteiger partial charge < -0.3 is 23.4 Å². The van der Waals surface area contributed by atoms with Gasteiger partial charge in [-0.15, -0.1) is 0 Å². The molecule has 0 unspecified atom stereocenters. The van der Waals surface area contributed by atoms with E-state index in [4.69, 9.17) is 23.4 Å². The first kappa shape index (κ1) is 26.3. The Morgan fingerprint density at radius 2 is 1.66 bits per heavy atom. The molecule has 7 nitrogen and oxygen atoms in total. The summed E-state index contributed by atoms with van der Waals surface area (Å²) >= 11 is 0. The van der Waals surface area contributed by atoms with E-state index in [0.29, 0.717) is 11.3 Å². The van der Waals surface area contributed by atoms with Crippen molar-refractivity contribution in [1.29, 1.82) is 0 Å². The summed E-state index contributed by atoms with van der Waals surface area (Å²) in [5.41, 5.74) is -0.792. The highest BCUT2D eigenvalue weighted by molar-refractivity contribution is 5.89. The van der Waals surface area contributed by atoms with Crippen LogP contribution in [-0.2, 0) is 11.0 Å². The topological polar surface area (TPSA) is 84.2 Å². The van der Waals surface area contributed by atoms with Crippen LogP contribution in [0.25, 0.3) is 17.0 Å². The maximum Gasteiger partial charge on any atom is 0.453 e. The van der Waals surface area contributed by atoms with Crippen LogP contribution in [0.5, 0.6) is 28.7 Å². The molecule has 1 aromatic heterocycles. The number of benzene rings is 3. The van der Waals surface area contributed by atoms with Crippen LogP contribution >= 0.6 is 0 Å². The van der Waals surface area contributed by atoms with E-state index in [0.717, 1.165) is 12.1 Å². The van der Waals surface area contributed by atoms with Gasteiger partial charge in [-0.2, -0.15) is 13.2 Å². The minimum absolute atomic E-state index is 0.0827. The number of alkyl halides is 3. The summed E-state index contributed by atoms with van der Waals surface area (Å²) in [5.74, 6) is -2.85. The van der Waals surface area contributed by atoms with Crippen LogP contribution in [0.1, 0.15) is 18.2 Å². The van der Waals surface area contributed by atoms with Gasteiger partial charge in [0.25, 0.3) is 5.76 Å². The molecule has 38 heavy (non-hydrogen) atoms. The highest BCUT2D eigenvalue weighted by atomic mass is 19.4. The van der Waals surface area contributed by atoms with Crippen molar-refractivity contribution in [2.24, 2.45) is 0 Å². The molecule has 0 saturated carbocycles. The van der Waals surface area contributed by atoms with Crippen molar-refractivity contribution in [1.82, 2.24) is 0 Å². The van der Waals surface area contributed by atoms with Crippen molar-refractivity contribution < 1.29 is 41.3 Å². The third-order valence-electron chi connectivity index (χ3n) is 5.19. The Hall–Kier alpha value is -4.73. The molecule has 0 bridgehead atoms. The van der Waals surface area contributed by atoms with Gasteiger partial charge in [0, 0.05) is 12.1 Å². The highest BCUT2D eigenvalue weighted by Gasteiger charge is 2.40. The fourth-order valence-corrected chi connectivity index (χ4v) is 3.45. The van der Waals surface area contributed by atoms with Crippen LogP contribution in [0.2, 0.25) is 0 Å². The lowest BCUT2D eigenvalue weighted by molar-refractivity contribution is -0.154. The van der Waals surface area contributed by atoms with Gasteiger partial charge in [0.15, 0.2) is 11.5 Å². The molecule has 0 fully saturated rings. The minimum Gasteiger partial charge on any atom is -0.497 e. The number of carbonyl (C=O) groups is 1. The maximum atomic E-state index is 13.9. The highest BCUT2D eigenvalue weighted by Crippen LogP contribution is 2.40. The molecule has 0 radical (unpaired) electrons. The van der Waals surface area contributed by atoms with Crippen LogP contribution < -0.4 is 24.4 Å². The predicted octanol–water partition coefficient (Wildman–Crippen LogP) is 6.63. The van der Waals surface area contributed by atoms with Gasteiger partial charge in [-0.25, -0.2) is 4.79 Å². The van der Waals surface area contributed by atoms with Gasteiger partial charge in [-0.05, 0) is 55.0 Å². The number of halogens is 3. The summed E-state index contributed by atoms with van der Waals surface area (Å²) in [7, 11) is 1.53. The molecule has 0 aliphatic heterocycles. The number of hydrogen-bond donors (Lipinski definition) is 0. The van der Waals surface area contributed by atoms with Crippen molar-refractivity contribution in [3.05, 3.63) is 94.4 Å². The summed E-state index contributed by atoms with van der Waals surface area (Å²) in [6, 6.07) is 16.4. The van der Waals surface area contributed by atoms with Gasteiger partial charge >= 0.3 is 12.1 Å². The van der Waals surface area contributed by atoms with Gasteiger partial charge in [0.2, 0.25) is 11.2 Å². The van der Waals surface area contributed by atoms with Crippen molar-refractivity contribution in [3.8, 4) is 28.7 Å². The van der Waals surface area contributed by atoms with Crippen LogP contribution in [0.3, 0.4) is 0 Å². The van der Waals surface area contributed by atoms with Crippen LogP contribution in [0, 0.1) is 0 Å². The first-order chi connectivity index (χ1) is 18.2. The van der Waals surface area contributed by atoms with E-state index in [9.17, 15) is 22.8 Å². The Bertz CT molecular complexity index is 1540. The molecule has 0 atom stereocenters. The summed E-state index contributed by atoms with van der Waals surface area (Å²) in [6.45, 7) is 1.93. The smallest absolute Gasteiger partial charge is 0.453 e. The van der Waals surface area contributed by atoms with E-state index in [1.807, 2.05) is 0 Å². The van der Waals surface area contributed by atoms with E-state index in [1.165, 1.54) is 43.5 Å². The zero-order valence-electron chi connectivity index (χ0n) is 20.2. The molecular weight excluding hydrogens is 505 g/mol. The molecule has 0 aliphatic rings. The Morgan fingerprint density at radius 1 is 0.974 bits per heavy atom. The van der Waals surface area contributed by atoms with Crippen LogP contribution in [-0.4, -0.2) is 19.7 Å². The molecule has 4 rings (SSSR count). The summed E-state index contributed by atoms with van der Waals surface area (Å²) in [4.78, 5) is 25.3. The quantitative estimate of drug-likeness (QED) is 0.145. The first-order valence-electron chi connectivity index (χ1n) is 11.3. The van der Waals surface area contributed by atoms with E-state index >= 15 is 0 Å². The van der Waals surface area contributed by atoms with Gasteiger partial charge in [0.05, 0.1) is 19.1 Å². The van der Waals surface area contributed by atoms with Crippen molar-refractivity contribution in [3.63, 3.8) is 0 Å². The second-order valence-corrected chi connectivity index (χ2v) is 7.75. The fraction of sp³-hybridized carbons (Fsp3) is 0.143. The fourth-order valence-electron chi connectivity index (χ4n) is 3.45. The minimum atomic E-state index is -5.06. The number of para-hydroxylation sites is 2. The number of hydrogen-bond acceptors (Lipinski definition) is 7. The lowest BCUT2D eigenvalue weighted by atomic mass is 10.2. The number of rotatable bonds is 8. The molecule has 0 spiro atoms. The Labute approximate surface area is 214 Å². The second-order valence-electron chi connectivity index (χ2n) is 7.75. The van der Waals surface area contributed by atoms with Gasteiger partial charge in [-0.1, -0.05) is 24.3 Å². The molecule has 0 aliphatic carbocycles. The zero-order valence-corrected chi connectivity index (χ0v) is 20.2. The molecule has 0 amide bonds. The van der Waals surface area contributed by atoms with E-state index < -0.39 is 34.7 Å². The molecule has 1 heterocycles. The first-order valence-corrected chi connectivity index (χ1v) is 11.3. The summed E-state index contributed by atoms with van der Waals surface area (Å²) < 4.78 is 67.7. The van der Waals surface area contributed by atoms with Crippen molar-refractivity contribution in [2.75, 3.05) is 13.7 Å². The molecule has 196 valence electrons. The molecule has 0 saturated heterocycles. The normalized spacial score (nSPS) is 11.5. The zero-order chi connectivity index (χ0) is 27.3. The molecule has 4 aromatic rings. The summed E-state index contributed by atoms with van der Waals surface area (Å²) in [6.07, 6.45) is -2.42. The summed E-state index contributed by atoms with van der Waals surface area (Å²) in [5, 5.41) is -0.199. The van der Waals surface area contributed by atoms with Gasteiger partial charge in [0.1, 0.15) is 17.1 Å². The van der Waals surface area contributed by atoms with Crippen molar-refractivity contribution >= 4 is 23.0 Å². The average molecular weight is 526 g/mol.